The van der Waals surface area contributed by atoms with Crippen LogP contribution in [-0.2, 0) is 16.0 Å². The topological polar surface area (TPSA) is 115 Å². The van der Waals surface area contributed by atoms with Gasteiger partial charge in [-0.1, -0.05) is 56.7 Å². The van der Waals surface area contributed by atoms with Crippen molar-refractivity contribution in [3.63, 3.8) is 0 Å². The molecule has 9 nitrogen and oxygen atoms in total. The van der Waals surface area contributed by atoms with E-state index in [0.29, 0.717) is 35.7 Å². The molecule has 2 amide bonds. The molecule has 0 bridgehead atoms. The van der Waals surface area contributed by atoms with E-state index >= 15 is 0 Å². The second-order valence-corrected chi connectivity index (χ2v) is 11.2. The van der Waals surface area contributed by atoms with Gasteiger partial charge in [-0.05, 0) is 66.1 Å². The SMILES string of the molecule is CC[C@H](C)[C@H](Nc1ccc2c(cc1=O)[C@@H](NC(C)=O)CCc1cc(OC)c(OC)c(OC)c1-2)C(=O)N[C@H](C)c1ccccc1. The maximum atomic E-state index is 13.9. The Kier molecular flexibility index (Phi) is 10.5. The predicted molar refractivity (Wildman–Crippen MR) is 173 cm³/mol. The van der Waals surface area contributed by atoms with Crippen molar-refractivity contribution in [2.45, 2.75) is 65.1 Å². The number of fused-ring (bicyclic) bond motifs is 3. The van der Waals surface area contributed by atoms with Crippen LogP contribution in [0.25, 0.3) is 11.1 Å². The molecule has 0 aliphatic heterocycles. The molecule has 0 radical (unpaired) electrons. The van der Waals surface area contributed by atoms with Crippen LogP contribution in [0, 0.1) is 5.92 Å². The van der Waals surface area contributed by atoms with Crippen LogP contribution < -0.4 is 35.6 Å². The predicted octanol–water partition coefficient (Wildman–Crippen LogP) is 5.57. The fourth-order valence-electron chi connectivity index (χ4n) is 5.82. The lowest BCUT2D eigenvalue weighted by molar-refractivity contribution is -0.123. The van der Waals surface area contributed by atoms with Gasteiger partial charge in [-0.2, -0.15) is 0 Å². The summed E-state index contributed by atoms with van der Waals surface area (Å²) in [4.78, 5) is 39.7. The summed E-state index contributed by atoms with van der Waals surface area (Å²) >= 11 is 0. The summed E-state index contributed by atoms with van der Waals surface area (Å²) in [5.74, 6) is 0.986. The van der Waals surface area contributed by atoms with Crippen molar-refractivity contribution < 1.29 is 23.8 Å². The van der Waals surface area contributed by atoms with E-state index in [9.17, 15) is 14.4 Å². The Morgan fingerprint density at radius 1 is 0.955 bits per heavy atom. The molecule has 4 rings (SSSR count). The molecule has 0 saturated heterocycles. The molecule has 3 aromatic rings. The number of carbonyl (C=O) groups is 2. The quantitative estimate of drug-likeness (QED) is 0.263. The van der Waals surface area contributed by atoms with Gasteiger partial charge in [-0.25, -0.2) is 0 Å². The highest BCUT2D eigenvalue weighted by atomic mass is 16.5. The molecule has 44 heavy (non-hydrogen) atoms. The van der Waals surface area contributed by atoms with E-state index in [1.54, 1.807) is 33.5 Å². The van der Waals surface area contributed by atoms with Gasteiger partial charge in [0.2, 0.25) is 23.0 Å². The van der Waals surface area contributed by atoms with Crippen LogP contribution in [0.5, 0.6) is 17.2 Å². The Morgan fingerprint density at radius 2 is 1.66 bits per heavy atom. The average Bonchev–Trinajstić information content (AvgIpc) is 3.26. The Balaban J connectivity index is 1.83. The zero-order chi connectivity index (χ0) is 32.0. The number of anilines is 1. The van der Waals surface area contributed by atoms with E-state index in [-0.39, 0.29) is 34.9 Å². The third-order valence-corrected chi connectivity index (χ3v) is 8.38. The highest BCUT2D eigenvalue weighted by molar-refractivity contribution is 5.86. The van der Waals surface area contributed by atoms with Crippen molar-refractivity contribution >= 4 is 17.5 Å². The first kappa shape index (κ1) is 32.4. The minimum Gasteiger partial charge on any atom is -0.493 e. The molecule has 0 aromatic heterocycles. The summed E-state index contributed by atoms with van der Waals surface area (Å²) < 4.78 is 17.2. The van der Waals surface area contributed by atoms with Crippen molar-refractivity contribution in [1.82, 2.24) is 10.6 Å². The van der Waals surface area contributed by atoms with Crippen LogP contribution in [0.4, 0.5) is 5.69 Å². The number of aryl methyl sites for hydroxylation is 1. The van der Waals surface area contributed by atoms with Crippen LogP contribution in [0.3, 0.4) is 0 Å². The number of amides is 2. The Labute approximate surface area is 259 Å². The first-order chi connectivity index (χ1) is 21.1. The number of methoxy groups -OCH3 is 3. The number of nitrogens with one attached hydrogen (secondary N) is 3. The van der Waals surface area contributed by atoms with Gasteiger partial charge in [0.05, 0.1) is 39.1 Å². The molecule has 0 saturated carbocycles. The summed E-state index contributed by atoms with van der Waals surface area (Å²) in [6.45, 7) is 7.40. The first-order valence-corrected chi connectivity index (χ1v) is 15.0. The standard InChI is InChI=1S/C35H43N3O6/c1-8-20(2)32(35(41)36-21(3)23-12-10-9-11-13-23)38-28-17-15-25-26(19-29(28)40)27(37-22(4)39)16-14-24-18-30(42-5)33(43-6)34(44-7)31(24)25/h9-13,15,17-21,27,32H,8,14,16H2,1-7H3,(H,36,41)(H,37,39)(H,38,40)/t20-,21+,27-,32-/m0/s1. The zero-order valence-electron chi connectivity index (χ0n) is 26.6. The fraction of sp³-hybridized carbons (Fsp3) is 0.400. The third-order valence-electron chi connectivity index (χ3n) is 8.38. The number of carbonyl (C=O) groups excluding carboxylic acids is 2. The van der Waals surface area contributed by atoms with E-state index in [2.05, 4.69) is 16.0 Å². The number of hydrogen-bond donors (Lipinski definition) is 3. The van der Waals surface area contributed by atoms with Crippen molar-refractivity contribution in [3.05, 3.63) is 81.5 Å². The van der Waals surface area contributed by atoms with E-state index in [1.807, 2.05) is 63.2 Å². The lowest BCUT2D eigenvalue weighted by atomic mass is 9.95. The highest BCUT2D eigenvalue weighted by Gasteiger charge is 2.30. The van der Waals surface area contributed by atoms with E-state index < -0.39 is 12.1 Å². The van der Waals surface area contributed by atoms with Crippen LogP contribution in [0.1, 0.15) is 69.3 Å². The molecule has 9 heteroatoms. The summed E-state index contributed by atoms with van der Waals surface area (Å²) in [6.07, 6.45) is 1.88. The van der Waals surface area contributed by atoms with Crippen molar-refractivity contribution in [3.8, 4) is 28.4 Å². The van der Waals surface area contributed by atoms with Gasteiger partial charge >= 0.3 is 0 Å². The van der Waals surface area contributed by atoms with Crippen molar-refractivity contribution in [2.24, 2.45) is 5.92 Å². The second kappa shape index (κ2) is 14.3. The van der Waals surface area contributed by atoms with E-state index in [0.717, 1.165) is 28.7 Å². The molecule has 4 atom stereocenters. The Hall–Kier alpha value is -4.53. The zero-order valence-corrected chi connectivity index (χ0v) is 26.6. The van der Waals surface area contributed by atoms with E-state index in [1.165, 1.54) is 6.92 Å². The average molecular weight is 602 g/mol. The lowest BCUT2D eigenvalue weighted by Gasteiger charge is -2.26. The van der Waals surface area contributed by atoms with Crippen molar-refractivity contribution in [1.29, 1.82) is 0 Å². The molecule has 1 aliphatic rings. The summed E-state index contributed by atoms with van der Waals surface area (Å²) in [7, 11) is 4.68. The molecule has 3 aromatic carbocycles. The number of ether oxygens (including phenoxy) is 3. The fourth-order valence-corrected chi connectivity index (χ4v) is 5.82. The molecule has 3 N–H and O–H groups in total. The molecule has 0 spiro atoms. The molecular weight excluding hydrogens is 558 g/mol. The van der Waals surface area contributed by atoms with E-state index in [4.69, 9.17) is 14.2 Å². The highest BCUT2D eigenvalue weighted by Crippen LogP contribution is 2.50. The normalized spacial score (nSPS) is 15.8. The number of benzene rings is 2. The summed E-state index contributed by atoms with van der Waals surface area (Å²) in [5, 5.41) is 9.41. The monoisotopic (exact) mass is 601 g/mol. The second-order valence-electron chi connectivity index (χ2n) is 11.2. The molecule has 0 heterocycles. The lowest BCUT2D eigenvalue weighted by Crippen LogP contribution is -2.45. The summed E-state index contributed by atoms with van der Waals surface area (Å²) in [5.41, 5.74) is 4.07. The number of rotatable bonds is 11. The number of hydrogen-bond acceptors (Lipinski definition) is 7. The molecule has 0 unspecified atom stereocenters. The third kappa shape index (κ3) is 6.82. The van der Waals surface area contributed by atoms with Gasteiger partial charge in [-0.15, -0.1) is 0 Å². The van der Waals surface area contributed by atoms with Gasteiger partial charge in [-0.3, -0.25) is 14.4 Å². The molecule has 234 valence electrons. The van der Waals surface area contributed by atoms with Crippen LogP contribution in [-0.4, -0.2) is 39.2 Å². The van der Waals surface area contributed by atoms with Gasteiger partial charge in [0, 0.05) is 12.5 Å². The van der Waals surface area contributed by atoms with Gasteiger partial charge in [0.15, 0.2) is 11.5 Å². The van der Waals surface area contributed by atoms with Crippen LogP contribution >= 0.6 is 0 Å². The molecule has 1 aliphatic carbocycles. The van der Waals surface area contributed by atoms with Crippen LogP contribution in [0.2, 0.25) is 0 Å². The minimum absolute atomic E-state index is 0.0645. The molecule has 0 fully saturated rings. The maximum Gasteiger partial charge on any atom is 0.243 e. The first-order valence-electron chi connectivity index (χ1n) is 15.0. The van der Waals surface area contributed by atoms with Crippen LogP contribution in [0.15, 0.2) is 59.4 Å². The smallest absolute Gasteiger partial charge is 0.243 e. The Morgan fingerprint density at radius 3 is 2.27 bits per heavy atom. The molecular formula is C35H43N3O6. The largest absolute Gasteiger partial charge is 0.493 e. The minimum atomic E-state index is -0.654. The van der Waals surface area contributed by atoms with Crippen molar-refractivity contribution in [2.75, 3.05) is 26.6 Å². The van der Waals surface area contributed by atoms with Gasteiger partial charge in [0.1, 0.15) is 6.04 Å². The van der Waals surface area contributed by atoms with Gasteiger partial charge in [0.25, 0.3) is 0 Å². The maximum absolute atomic E-state index is 13.9. The van der Waals surface area contributed by atoms with Gasteiger partial charge < -0.3 is 30.2 Å². The summed E-state index contributed by atoms with van der Waals surface area (Å²) in [6, 6.07) is 15.5. The Bertz CT molecular complexity index is 1560.